The Morgan fingerprint density at radius 3 is 2.89 bits per heavy atom. The number of likely N-dealkylation sites (N-methyl/N-ethyl adjacent to an activating group) is 2. The van der Waals surface area contributed by atoms with Gasteiger partial charge in [-0.1, -0.05) is 35.9 Å². The molecule has 2 aliphatic carbocycles. The summed E-state index contributed by atoms with van der Waals surface area (Å²) in [5.74, 6) is 1.42. The van der Waals surface area contributed by atoms with E-state index in [0.29, 0.717) is 18.6 Å². The summed E-state index contributed by atoms with van der Waals surface area (Å²) in [5, 5.41) is 12.4. The molecule has 1 amide bonds. The number of carbonyl (C=O) groups excluding carboxylic acids is 1. The second-order valence-corrected chi connectivity index (χ2v) is 10.8. The maximum atomic E-state index is 13.3. The lowest BCUT2D eigenvalue weighted by molar-refractivity contribution is -0.195. The van der Waals surface area contributed by atoms with E-state index < -0.39 is 11.0 Å². The van der Waals surface area contributed by atoms with Crippen LogP contribution in [0.1, 0.15) is 41.5 Å². The standard InChI is InChI=1S/C29H34N2O4/c1-18-6-5-7-19(16-18)8-11-24(32)31(3)21-12-13-29(33)23-17-20-9-10-22(34-4)26-25(20)28(29,27(21)35-26)14-15-30(23)2/h5-11,16,21,23,27,33H,12-15,17H2,1-4H3/t21-,23-,27+,28+,29-/m1/s1. The van der Waals surface area contributed by atoms with Gasteiger partial charge in [0.2, 0.25) is 5.91 Å². The summed E-state index contributed by atoms with van der Waals surface area (Å²) in [7, 11) is 5.65. The Balaban J connectivity index is 1.39. The predicted molar refractivity (Wildman–Crippen MR) is 135 cm³/mol. The SMILES string of the molecule is COc1ccc2c3c1O[C@H]1[C@H](N(C)C(=O)C=Cc4cccc(C)c4)CC[C@@]4(O)[C@@H](C2)N(C)CC[C@]314. The minimum absolute atomic E-state index is 0.0392. The highest BCUT2D eigenvalue weighted by molar-refractivity contribution is 5.92. The largest absolute Gasteiger partial charge is 0.493 e. The summed E-state index contributed by atoms with van der Waals surface area (Å²) in [4.78, 5) is 17.5. The predicted octanol–water partition coefficient (Wildman–Crippen LogP) is 3.33. The number of aryl methyl sites for hydroxylation is 1. The number of rotatable bonds is 4. The summed E-state index contributed by atoms with van der Waals surface area (Å²) in [5.41, 5.74) is 3.09. The number of hydrogen-bond donors (Lipinski definition) is 1. The van der Waals surface area contributed by atoms with E-state index >= 15 is 0 Å². The molecule has 2 heterocycles. The smallest absolute Gasteiger partial charge is 0.246 e. The van der Waals surface area contributed by atoms with Gasteiger partial charge >= 0.3 is 0 Å². The number of piperidine rings is 1. The van der Waals surface area contributed by atoms with Crippen LogP contribution in [0, 0.1) is 6.92 Å². The third-order valence-corrected chi connectivity index (χ3v) is 9.21. The molecule has 0 unspecified atom stereocenters. The van der Waals surface area contributed by atoms with Crippen molar-refractivity contribution in [2.45, 2.75) is 61.8 Å². The van der Waals surface area contributed by atoms with Gasteiger partial charge in [-0.2, -0.15) is 0 Å². The summed E-state index contributed by atoms with van der Waals surface area (Å²) in [6.07, 6.45) is 6.15. The van der Waals surface area contributed by atoms with Crippen molar-refractivity contribution in [3.63, 3.8) is 0 Å². The van der Waals surface area contributed by atoms with Crippen molar-refractivity contribution in [2.24, 2.45) is 0 Å². The Kier molecular flexibility index (Phi) is 5.07. The third-order valence-electron chi connectivity index (χ3n) is 9.21. The molecule has 1 N–H and O–H groups in total. The molecule has 1 saturated carbocycles. The van der Waals surface area contributed by atoms with E-state index in [4.69, 9.17) is 9.47 Å². The van der Waals surface area contributed by atoms with E-state index in [-0.39, 0.29) is 24.1 Å². The zero-order valence-electron chi connectivity index (χ0n) is 21.0. The van der Waals surface area contributed by atoms with E-state index in [1.165, 1.54) is 5.56 Å². The first-order valence-electron chi connectivity index (χ1n) is 12.6. The van der Waals surface area contributed by atoms with Crippen molar-refractivity contribution < 1.29 is 19.4 Å². The number of aliphatic hydroxyl groups is 1. The minimum atomic E-state index is -0.896. The molecule has 35 heavy (non-hydrogen) atoms. The van der Waals surface area contributed by atoms with Gasteiger partial charge in [0, 0.05) is 24.7 Å². The number of ether oxygens (including phenoxy) is 2. The molecule has 1 spiro atoms. The number of benzene rings is 2. The van der Waals surface area contributed by atoms with Crippen molar-refractivity contribution in [2.75, 3.05) is 27.7 Å². The van der Waals surface area contributed by atoms with Crippen molar-refractivity contribution in [3.05, 3.63) is 64.7 Å². The monoisotopic (exact) mass is 474 g/mol. The van der Waals surface area contributed by atoms with Crippen LogP contribution >= 0.6 is 0 Å². The molecule has 6 heteroatoms. The van der Waals surface area contributed by atoms with Gasteiger partial charge < -0.3 is 24.4 Å². The van der Waals surface area contributed by atoms with Crippen LogP contribution in [0.3, 0.4) is 0 Å². The fourth-order valence-electron chi connectivity index (χ4n) is 7.50. The fraction of sp³-hybridized carbons (Fsp3) is 0.483. The van der Waals surface area contributed by atoms with Gasteiger partial charge in [0.1, 0.15) is 6.10 Å². The Morgan fingerprint density at radius 1 is 1.29 bits per heavy atom. The van der Waals surface area contributed by atoms with E-state index in [2.05, 4.69) is 24.1 Å². The summed E-state index contributed by atoms with van der Waals surface area (Å²) in [6.45, 7) is 2.94. The molecule has 6 nitrogen and oxygen atoms in total. The van der Waals surface area contributed by atoms with Crippen molar-refractivity contribution >= 4 is 12.0 Å². The lowest BCUT2D eigenvalue weighted by atomic mass is 9.48. The Bertz CT molecular complexity index is 1230. The molecule has 184 valence electrons. The van der Waals surface area contributed by atoms with E-state index in [0.717, 1.165) is 41.8 Å². The van der Waals surface area contributed by atoms with Crippen LogP contribution in [0.5, 0.6) is 11.5 Å². The molecule has 5 atom stereocenters. The van der Waals surface area contributed by atoms with Gasteiger partial charge in [-0.15, -0.1) is 0 Å². The van der Waals surface area contributed by atoms with E-state index in [1.807, 2.05) is 49.2 Å². The average Bonchev–Trinajstić information content (AvgIpc) is 3.20. The van der Waals surface area contributed by atoms with Crippen LogP contribution in [-0.2, 0) is 16.6 Å². The summed E-state index contributed by atoms with van der Waals surface area (Å²) < 4.78 is 12.4. The van der Waals surface area contributed by atoms with Crippen molar-refractivity contribution in [3.8, 4) is 11.5 Å². The summed E-state index contributed by atoms with van der Waals surface area (Å²) in [6, 6.07) is 12.1. The van der Waals surface area contributed by atoms with Crippen LogP contribution in [0.25, 0.3) is 6.08 Å². The highest BCUT2D eigenvalue weighted by atomic mass is 16.5. The first-order chi connectivity index (χ1) is 16.8. The number of amides is 1. The maximum Gasteiger partial charge on any atom is 0.246 e. The topological polar surface area (TPSA) is 62.2 Å². The molecule has 2 aliphatic heterocycles. The molecule has 2 fully saturated rings. The van der Waals surface area contributed by atoms with Gasteiger partial charge in [0.25, 0.3) is 0 Å². The highest BCUT2D eigenvalue weighted by Crippen LogP contribution is 2.65. The minimum Gasteiger partial charge on any atom is -0.493 e. The molecule has 4 aliphatic rings. The van der Waals surface area contributed by atoms with Crippen LogP contribution in [0.15, 0.2) is 42.5 Å². The molecule has 0 aromatic heterocycles. The van der Waals surface area contributed by atoms with Crippen molar-refractivity contribution in [1.82, 2.24) is 9.80 Å². The second-order valence-electron chi connectivity index (χ2n) is 10.8. The van der Waals surface area contributed by atoms with Crippen LogP contribution < -0.4 is 9.47 Å². The van der Waals surface area contributed by atoms with Crippen molar-refractivity contribution in [1.29, 1.82) is 0 Å². The first-order valence-corrected chi connectivity index (χ1v) is 12.6. The lowest BCUT2D eigenvalue weighted by Crippen LogP contribution is -2.77. The lowest BCUT2D eigenvalue weighted by Gasteiger charge is -2.64. The third kappa shape index (κ3) is 2.99. The number of carbonyl (C=O) groups is 1. The molecule has 2 aromatic carbocycles. The number of likely N-dealkylation sites (tertiary alicyclic amines) is 1. The molecular weight excluding hydrogens is 440 g/mol. The Hall–Kier alpha value is -2.83. The van der Waals surface area contributed by atoms with E-state index in [1.54, 1.807) is 13.2 Å². The molecule has 1 saturated heterocycles. The molecule has 0 radical (unpaired) electrons. The molecule has 2 bridgehead atoms. The second kappa shape index (κ2) is 7.84. The van der Waals surface area contributed by atoms with Gasteiger partial charge in [0.05, 0.1) is 24.2 Å². The molecule has 2 aromatic rings. The molecular formula is C29H34N2O4. The fourth-order valence-corrected chi connectivity index (χ4v) is 7.50. The van der Waals surface area contributed by atoms with Crippen LogP contribution in [-0.4, -0.2) is 72.4 Å². The summed E-state index contributed by atoms with van der Waals surface area (Å²) >= 11 is 0. The maximum absolute atomic E-state index is 13.3. The van der Waals surface area contributed by atoms with Gasteiger partial charge in [0.15, 0.2) is 11.5 Å². The normalized spacial score (nSPS) is 32.8. The quantitative estimate of drug-likeness (QED) is 0.689. The van der Waals surface area contributed by atoms with E-state index in [9.17, 15) is 9.90 Å². The zero-order chi connectivity index (χ0) is 24.5. The zero-order valence-corrected chi connectivity index (χ0v) is 21.0. The Morgan fingerprint density at radius 2 is 2.11 bits per heavy atom. The van der Waals surface area contributed by atoms with Gasteiger partial charge in [-0.25, -0.2) is 0 Å². The van der Waals surface area contributed by atoms with Crippen LogP contribution in [0.4, 0.5) is 0 Å². The first kappa shape index (κ1) is 22.6. The van der Waals surface area contributed by atoms with Gasteiger partial charge in [-0.05, 0) is 69.5 Å². The number of nitrogens with zero attached hydrogens (tertiary/aromatic N) is 2. The van der Waals surface area contributed by atoms with Gasteiger partial charge in [-0.3, -0.25) is 4.79 Å². The average molecular weight is 475 g/mol. The van der Waals surface area contributed by atoms with Crippen LogP contribution in [0.2, 0.25) is 0 Å². The Labute approximate surface area is 207 Å². The number of hydrogen-bond acceptors (Lipinski definition) is 5. The number of methoxy groups -OCH3 is 1. The molecule has 6 rings (SSSR count). The highest BCUT2D eigenvalue weighted by Gasteiger charge is 2.73.